The molecular formula is C12H14Br2N2O3S. The topological polar surface area (TPSA) is 66.5 Å². The van der Waals surface area contributed by atoms with E-state index in [2.05, 4.69) is 36.6 Å². The van der Waals surface area contributed by atoms with Gasteiger partial charge in [-0.15, -0.1) is 0 Å². The Balaban J connectivity index is 2.19. The van der Waals surface area contributed by atoms with Crippen molar-refractivity contribution in [1.29, 1.82) is 0 Å². The molecule has 2 rings (SSSR count). The van der Waals surface area contributed by atoms with E-state index in [1.54, 1.807) is 30.1 Å². The van der Waals surface area contributed by atoms with E-state index in [1.165, 1.54) is 0 Å². The summed E-state index contributed by atoms with van der Waals surface area (Å²) in [5.74, 6) is 0.0454. The second-order valence-corrected chi connectivity index (χ2v) is 8.16. The average Bonchev–Trinajstić information content (AvgIpc) is 2.36. The van der Waals surface area contributed by atoms with Crippen molar-refractivity contribution in [2.24, 2.45) is 0 Å². The Labute approximate surface area is 135 Å². The Kier molecular flexibility index (Phi) is 4.88. The maximum Gasteiger partial charge on any atom is 0.242 e. The molecule has 0 aromatic heterocycles. The summed E-state index contributed by atoms with van der Waals surface area (Å²) in [4.78, 5) is 13.1. The van der Waals surface area contributed by atoms with E-state index in [0.717, 1.165) is 0 Å². The van der Waals surface area contributed by atoms with Crippen molar-refractivity contribution in [2.45, 2.75) is 23.8 Å². The van der Waals surface area contributed by atoms with E-state index in [-0.39, 0.29) is 16.8 Å². The first-order chi connectivity index (χ1) is 9.29. The molecule has 1 N–H and O–H groups in total. The predicted molar refractivity (Wildman–Crippen MR) is 82.8 cm³/mol. The maximum absolute atomic E-state index is 12.4. The number of carbonyl (C=O) groups excluding carboxylic acids is 1. The van der Waals surface area contributed by atoms with Gasteiger partial charge in [-0.2, -0.15) is 0 Å². The highest BCUT2D eigenvalue weighted by atomic mass is 79.9. The summed E-state index contributed by atoms with van der Waals surface area (Å²) in [5.41, 5.74) is 0. The molecule has 1 saturated heterocycles. The normalized spacial score (nSPS) is 20.2. The van der Waals surface area contributed by atoms with Crippen LogP contribution in [-0.4, -0.2) is 38.9 Å². The van der Waals surface area contributed by atoms with Crippen molar-refractivity contribution >= 4 is 47.8 Å². The Morgan fingerprint density at radius 1 is 1.35 bits per heavy atom. The number of likely N-dealkylation sites (N-methyl/N-ethyl adjacent to an activating group) is 1. The zero-order valence-corrected chi connectivity index (χ0v) is 14.8. The molecule has 1 aliphatic heterocycles. The van der Waals surface area contributed by atoms with Gasteiger partial charge in [-0.25, -0.2) is 13.1 Å². The summed E-state index contributed by atoms with van der Waals surface area (Å²) in [6.45, 7) is 0.393. The van der Waals surface area contributed by atoms with Crippen molar-refractivity contribution in [3.8, 4) is 0 Å². The summed E-state index contributed by atoms with van der Waals surface area (Å²) in [6.07, 6.45) is 0.886. The van der Waals surface area contributed by atoms with Crippen molar-refractivity contribution in [2.75, 3.05) is 13.6 Å². The highest BCUT2D eigenvalue weighted by molar-refractivity contribution is 9.11. The number of hydrogen-bond acceptors (Lipinski definition) is 3. The SMILES string of the molecule is CN1CC(NS(=O)(=O)c2cc(Br)ccc2Br)CCC1=O. The highest BCUT2D eigenvalue weighted by Crippen LogP contribution is 2.26. The highest BCUT2D eigenvalue weighted by Gasteiger charge is 2.28. The van der Waals surface area contributed by atoms with E-state index < -0.39 is 10.0 Å². The van der Waals surface area contributed by atoms with Gasteiger partial charge in [0, 0.05) is 35.0 Å². The molecule has 20 heavy (non-hydrogen) atoms. The Bertz CT molecular complexity index is 634. The minimum absolute atomic E-state index is 0.0454. The molecule has 8 heteroatoms. The lowest BCUT2D eigenvalue weighted by Crippen LogP contribution is -2.48. The summed E-state index contributed by atoms with van der Waals surface area (Å²) in [5, 5.41) is 0. The first-order valence-electron chi connectivity index (χ1n) is 6.01. The van der Waals surface area contributed by atoms with E-state index >= 15 is 0 Å². The summed E-state index contributed by atoms with van der Waals surface area (Å²) in [7, 11) is -1.94. The van der Waals surface area contributed by atoms with E-state index in [4.69, 9.17) is 0 Å². The third-order valence-corrected chi connectivity index (χ3v) is 6.14. The van der Waals surface area contributed by atoms with Crippen LogP contribution in [0.25, 0.3) is 0 Å². The minimum Gasteiger partial charge on any atom is -0.344 e. The third-order valence-electron chi connectivity index (χ3n) is 3.13. The monoisotopic (exact) mass is 424 g/mol. The third kappa shape index (κ3) is 3.60. The quantitative estimate of drug-likeness (QED) is 0.806. The summed E-state index contributed by atoms with van der Waals surface area (Å²) < 4.78 is 28.7. The fourth-order valence-corrected chi connectivity index (χ4v) is 4.84. The number of likely N-dealkylation sites (tertiary alicyclic amines) is 1. The van der Waals surface area contributed by atoms with E-state index in [9.17, 15) is 13.2 Å². The number of carbonyl (C=O) groups is 1. The van der Waals surface area contributed by atoms with Gasteiger partial charge in [-0.3, -0.25) is 4.79 Å². The number of rotatable bonds is 3. The minimum atomic E-state index is -3.62. The molecule has 1 aromatic rings. The molecule has 0 bridgehead atoms. The van der Waals surface area contributed by atoms with Gasteiger partial charge >= 0.3 is 0 Å². The van der Waals surface area contributed by atoms with Gasteiger partial charge in [0.25, 0.3) is 0 Å². The fraction of sp³-hybridized carbons (Fsp3) is 0.417. The first-order valence-corrected chi connectivity index (χ1v) is 9.08. The van der Waals surface area contributed by atoms with Crippen LogP contribution >= 0.6 is 31.9 Å². The number of piperidine rings is 1. The van der Waals surface area contributed by atoms with E-state index in [1.807, 2.05) is 0 Å². The Morgan fingerprint density at radius 3 is 2.70 bits per heavy atom. The second kappa shape index (κ2) is 6.13. The lowest BCUT2D eigenvalue weighted by atomic mass is 10.1. The van der Waals surface area contributed by atoms with Gasteiger partial charge in [-0.1, -0.05) is 15.9 Å². The van der Waals surface area contributed by atoms with Crippen LogP contribution < -0.4 is 4.72 Å². The molecule has 1 unspecified atom stereocenters. The van der Waals surface area contributed by atoms with Crippen molar-refractivity contribution in [3.05, 3.63) is 27.1 Å². The number of halogens is 2. The van der Waals surface area contributed by atoms with Crippen LogP contribution in [-0.2, 0) is 14.8 Å². The molecule has 1 aliphatic rings. The Morgan fingerprint density at radius 2 is 2.05 bits per heavy atom. The first kappa shape index (κ1) is 15.9. The molecular weight excluding hydrogens is 412 g/mol. The van der Waals surface area contributed by atoms with Crippen LogP contribution in [0.15, 0.2) is 32.0 Å². The molecule has 1 atom stereocenters. The molecule has 1 fully saturated rings. The number of nitrogens with one attached hydrogen (secondary N) is 1. The van der Waals surface area contributed by atoms with Gasteiger partial charge < -0.3 is 4.90 Å². The van der Waals surface area contributed by atoms with Crippen LogP contribution in [0.3, 0.4) is 0 Å². The average molecular weight is 426 g/mol. The van der Waals surface area contributed by atoms with Crippen LogP contribution in [0.1, 0.15) is 12.8 Å². The molecule has 5 nitrogen and oxygen atoms in total. The van der Waals surface area contributed by atoms with Crippen LogP contribution in [0.5, 0.6) is 0 Å². The molecule has 0 radical (unpaired) electrons. The second-order valence-electron chi connectivity index (χ2n) is 4.71. The standard InChI is InChI=1S/C12H14Br2N2O3S/c1-16-7-9(3-5-12(16)17)15-20(18,19)11-6-8(13)2-4-10(11)14/h2,4,6,9,15H,3,5,7H2,1H3. The number of sulfonamides is 1. The van der Waals surface area contributed by atoms with Gasteiger partial charge in [0.2, 0.25) is 15.9 Å². The molecule has 1 amide bonds. The number of amides is 1. The number of benzene rings is 1. The molecule has 1 heterocycles. The van der Waals surface area contributed by atoms with Crippen LogP contribution in [0, 0.1) is 0 Å². The van der Waals surface area contributed by atoms with Gasteiger partial charge in [0.15, 0.2) is 0 Å². The molecule has 1 aromatic carbocycles. The lowest BCUT2D eigenvalue weighted by Gasteiger charge is -2.30. The molecule has 0 spiro atoms. The zero-order chi connectivity index (χ0) is 14.9. The van der Waals surface area contributed by atoms with Crippen LogP contribution in [0.4, 0.5) is 0 Å². The van der Waals surface area contributed by atoms with E-state index in [0.29, 0.717) is 28.3 Å². The van der Waals surface area contributed by atoms with Gasteiger partial charge in [0.1, 0.15) is 0 Å². The van der Waals surface area contributed by atoms with Gasteiger partial charge in [-0.05, 0) is 40.5 Å². The summed E-state index contributed by atoms with van der Waals surface area (Å²) in [6, 6.07) is 4.73. The number of hydrogen-bond donors (Lipinski definition) is 1. The van der Waals surface area contributed by atoms with Crippen molar-refractivity contribution in [1.82, 2.24) is 9.62 Å². The lowest BCUT2D eigenvalue weighted by molar-refractivity contribution is -0.132. The van der Waals surface area contributed by atoms with Gasteiger partial charge in [0.05, 0.1) is 4.90 Å². The molecule has 0 saturated carbocycles. The Hall–Kier alpha value is -0.440. The molecule has 0 aliphatic carbocycles. The van der Waals surface area contributed by atoms with Crippen LogP contribution in [0.2, 0.25) is 0 Å². The fourth-order valence-electron chi connectivity index (χ4n) is 2.07. The molecule has 110 valence electrons. The number of nitrogens with zero attached hydrogens (tertiary/aromatic N) is 1. The largest absolute Gasteiger partial charge is 0.344 e. The smallest absolute Gasteiger partial charge is 0.242 e. The maximum atomic E-state index is 12.4. The zero-order valence-electron chi connectivity index (χ0n) is 10.8. The summed E-state index contributed by atoms with van der Waals surface area (Å²) >= 11 is 6.51. The predicted octanol–water partition coefficient (Wildman–Crippen LogP) is 2.11. The van der Waals surface area contributed by atoms with Crippen molar-refractivity contribution in [3.63, 3.8) is 0 Å². The van der Waals surface area contributed by atoms with Crippen molar-refractivity contribution < 1.29 is 13.2 Å².